The molecule has 0 N–H and O–H groups in total. The lowest BCUT2D eigenvalue weighted by Gasteiger charge is -2.34. The van der Waals surface area contributed by atoms with Crippen molar-refractivity contribution in [3.63, 3.8) is 0 Å². The van der Waals surface area contributed by atoms with Gasteiger partial charge in [-0.2, -0.15) is 0 Å². The Morgan fingerprint density at radius 1 is 0.439 bits per heavy atom. The lowest BCUT2D eigenvalue weighted by atomic mass is 9.94. The molecule has 1 saturated heterocycles. The number of carbonyl (C=O) groups excluding carboxylic acids is 2. The van der Waals surface area contributed by atoms with Gasteiger partial charge in [-0.25, -0.2) is 0 Å². The van der Waals surface area contributed by atoms with Crippen molar-refractivity contribution >= 4 is 12.2 Å². The van der Waals surface area contributed by atoms with Crippen LogP contribution in [0.15, 0.2) is 0 Å². The van der Waals surface area contributed by atoms with E-state index in [1.807, 2.05) is 0 Å². The molecule has 0 unspecified atom stereocenters. The first-order chi connectivity index (χ1) is 32.5. The summed E-state index contributed by atoms with van der Waals surface area (Å²) in [5.74, 6) is 1.08. The Morgan fingerprint density at radius 3 is 1.08 bits per heavy atom. The largest absolute Gasteiger partial charge is 0.385 e. The third kappa shape index (κ3) is 44.2. The number of aldehydes is 1. The van der Waals surface area contributed by atoms with Crippen LogP contribution in [0.1, 0.15) is 279 Å². The summed E-state index contributed by atoms with van der Waals surface area (Å²) in [5, 5.41) is 0. The number of methoxy groups -OCH3 is 1. The standard InChI is InChI=1S/C39H79N3O2.C20H41NO/c1-5-8-11-14-17-20-23-29-40(30-24-21-18-15-12-9-6-2)34-35-41(31-25-22-19-16-13-10-7-3)37-39(43)42-32-26-38(27-33-42)28-36-44-4;1-3-5-7-9-11-13-15-17-21(19-20-22)18-16-14-12-10-8-6-4-2/h38H,5-37H2,1-4H3;20H,3-19H2,1-2H3. The van der Waals surface area contributed by atoms with E-state index < -0.39 is 0 Å². The minimum atomic E-state index is 0.365. The molecule has 0 radical (unpaired) electrons. The van der Waals surface area contributed by atoms with Crippen molar-refractivity contribution in [3.8, 4) is 0 Å². The van der Waals surface area contributed by atoms with Gasteiger partial charge < -0.3 is 19.3 Å². The Labute approximate surface area is 414 Å². The molecule has 0 bridgehead atoms. The molecule has 0 saturated carbocycles. The summed E-state index contributed by atoms with van der Waals surface area (Å²) in [4.78, 5) is 34.0. The highest BCUT2D eigenvalue weighted by Gasteiger charge is 2.24. The van der Waals surface area contributed by atoms with E-state index in [-0.39, 0.29) is 0 Å². The van der Waals surface area contributed by atoms with E-state index in [4.69, 9.17) is 4.74 Å². The molecule has 1 fully saturated rings. The number of carbonyl (C=O) groups is 2. The minimum absolute atomic E-state index is 0.365. The predicted octanol–water partition coefficient (Wildman–Crippen LogP) is 16.1. The first kappa shape index (κ1) is 65.0. The van der Waals surface area contributed by atoms with Crippen molar-refractivity contribution in [1.29, 1.82) is 0 Å². The number of hydrogen-bond acceptors (Lipinski definition) is 6. The summed E-state index contributed by atoms with van der Waals surface area (Å²) in [5.41, 5.74) is 0. The zero-order valence-corrected chi connectivity index (χ0v) is 46.0. The third-order valence-electron chi connectivity index (χ3n) is 14.5. The van der Waals surface area contributed by atoms with Crippen LogP contribution in [0, 0.1) is 5.92 Å². The van der Waals surface area contributed by atoms with Crippen molar-refractivity contribution < 1.29 is 14.3 Å². The van der Waals surface area contributed by atoms with Crippen LogP contribution in [0.25, 0.3) is 0 Å². The van der Waals surface area contributed by atoms with Crippen LogP contribution < -0.4 is 0 Å². The van der Waals surface area contributed by atoms with Gasteiger partial charge >= 0.3 is 0 Å². The van der Waals surface area contributed by atoms with E-state index in [1.54, 1.807) is 7.11 Å². The predicted molar refractivity (Wildman–Crippen MR) is 291 cm³/mol. The molecule has 1 heterocycles. The monoisotopic (exact) mass is 933 g/mol. The van der Waals surface area contributed by atoms with Gasteiger partial charge in [-0.05, 0) is 90.0 Å². The molecule has 66 heavy (non-hydrogen) atoms. The molecule has 0 aromatic rings. The molecular formula is C59H120N4O3. The van der Waals surface area contributed by atoms with Gasteiger partial charge in [0.15, 0.2) is 0 Å². The fourth-order valence-electron chi connectivity index (χ4n) is 9.80. The molecule has 1 rings (SSSR count). The molecule has 7 heteroatoms. The molecule has 1 aliphatic rings. The van der Waals surface area contributed by atoms with Crippen LogP contribution in [0.2, 0.25) is 0 Å². The Balaban J connectivity index is 0.00000161. The van der Waals surface area contributed by atoms with Gasteiger partial charge in [0, 0.05) is 39.9 Å². The van der Waals surface area contributed by atoms with E-state index in [0.29, 0.717) is 19.0 Å². The quantitative estimate of drug-likeness (QED) is 0.0447. The van der Waals surface area contributed by atoms with E-state index in [1.165, 1.54) is 238 Å². The van der Waals surface area contributed by atoms with Gasteiger partial charge in [-0.15, -0.1) is 0 Å². The van der Waals surface area contributed by atoms with Crippen molar-refractivity contribution in [3.05, 3.63) is 0 Å². The maximum Gasteiger partial charge on any atom is 0.236 e. The molecule has 0 atom stereocenters. The average molecular weight is 934 g/mol. The Kier molecular flexibility index (Phi) is 52.5. The molecular weight excluding hydrogens is 813 g/mol. The average Bonchev–Trinajstić information content (AvgIpc) is 3.33. The summed E-state index contributed by atoms with van der Waals surface area (Å²) in [7, 11) is 1.79. The van der Waals surface area contributed by atoms with Crippen molar-refractivity contribution in [2.75, 3.05) is 85.7 Å². The third-order valence-corrected chi connectivity index (χ3v) is 14.5. The minimum Gasteiger partial charge on any atom is -0.385 e. The van der Waals surface area contributed by atoms with Gasteiger partial charge in [-0.1, -0.05) is 227 Å². The first-order valence-corrected chi connectivity index (χ1v) is 29.9. The van der Waals surface area contributed by atoms with Gasteiger partial charge in [-0.3, -0.25) is 14.6 Å². The molecule has 1 aliphatic heterocycles. The summed E-state index contributed by atoms with van der Waals surface area (Å²) < 4.78 is 5.30. The van der Waals surface area contributed by atoms with E-state index >= 15 is 0 Å². The molecule has 0 aromatic heterocycles. The van der Waals surface area contributed by atoms with Crippen LogP contribution in [0.4, 0.5) is 0 Å². The topological polar surface area (TPSA) is 56.3 Å². The number of likely N-dealkylation sites (tertiary alicyclic amines) is 1. The molecule has 394 valence electrons. The number of ether oxygens (including phenoxy) is 1. The zero-order valence-electron chi connectivity index (χ0n) is 46.0. The second-order valence-corrected chi connectivity index (χ2v) is 20.8. The highest BCUT2D eigenvalue weighted by molar-refractivity contribution is 5.78. The summed E-state index contributed by atoms with van der Waals surface area (Å²) in [6.07, 6.45) is 52.0. The van der Waals surface area contributed by atoms with Crippen LogP contribution in [-0.4, -0.2) is 118 Å². The Morgan fingerprint density at radius 2 is 0.742 bits per heavy atom. The smallest absolute Gasteiger partial charge is 0.236 e. The van der Waals surface area contributed by atoms with Crippen LogP contribution >= 0.6 is 0 Å². The SMILES string of the molecule is CCCCCCCCCN(CC=O)CCCCCCCCC.CCCCCCCCCN(CCCCCCCCC)CCN(CCCCCCCCC)CC(=O)N1CCC(CCOC)CC1. The molecule has 0 spiro atoms. The van der Waals surface area contributed by atoms with Gasteiger partial charge in [0.1, 0.15) is 6.29 Å². The van der Waals surface area contributed by atoms with E-state index in [9.17, 15) is 9.59 Å². The number of nitrogens with zero attached hydrogens (tertiary/aromatic N) is 4. The van der Waals surface area contributed by atoms with Crippen LogP contribution in [0.3, 0.4) is 0 Å². The van der Waals surface area contributed by atoms with Gasteiger partial charge in [0.25, 0.3) is 0 Å². The molecule has 0 aromatic carbocycles. The van der Waals surface area contributed by atoms with Gasteiger partial charge in [0.2, 0.25) is 5.91 Å². The normalized spacial score (nSPS) is 13.3. The van der Waals surface area contributed by atoms with E-state index in [2.05, 4.69) is 54.2 Å². The summed E-state index contributed by atoms with van der Waals surface area (Å²) in [6.45, 7) is 23.3. The van der Waals surface area contributed by atoms with Crippen LogP contribution in [0.5, 0.6) is 0 Å². The fourth-order valence-corrected chi connectivity index (χ4v) is 9.80. The molecule has 1 amide bonds. The molecule has 0 aliphatic carbocycles. The van der Waals surface area contributed by atoms with Crippen molar-refractivity contribution in [2.24, 2.45) is 5.92 Å². The second-order valence-electron chi connectivity index (χ2n) is 20.8. The maximum absolute atomic E-state index is 13.5. The number of amides is 1. The summed E-state index contributed by atoms with van der Waals surface area (Å²) >= 11 is 0. The van der Waals surface area contributed by atoms with Gasteiger partial charge in [0.05, 0.1) is 13.1 Å². The molecule has 7 nitrogen and oxygen atoms in total. The van der Waals surface area contributed by atoms with E-state index in [0.717, 1.165) is 83.9 Å². The number of hydrogen-bond donors (Lipinski definition) is 0. The highest BCUT2D eigenvalue weighted by atomic mass is 16.5. The lowest BCUT2D eigenvalue weighted by molar-refractivity contribution is -0.134. The fraction of sp³-hybridized carbons (Fsp3) is 0.966. The van der Waals surface area contributed by atoms with Crippen molar-refractivity contribution in [1.82, 2.24) is 19.6 Å². The Hall–Kier alpha value is -1.02. The zero-order chi connectivity index (χ0) is 48.2. The second kappa shape index (κ2) is 53.3. The Bertz CT molecular complexity index is 923. The highest BCUT2D eigenvalue weighted by Crippen LogP contribution is 2.21. The van der Waals surface area contributed by atoms with Crippen molar-refractivity contribution in [2.45, 2.75) is 279 Å². The van der Waals surface area contributed by atoms with Crippen LogP contribution in [-0.2, 0) is 14.3 Å². The first-order valence-electron chi connectivity index (χ1n) is 29.9. The number of unbranched alkanes of at least 4 members (excludes halogenated alkanes) is 30. The number of piperidine rings is 1. The maximum atomic E-state index is 13.5. The lowest BCUT2D eigenvalue weighted by Crippen LogP contribution is -2.46. The number of rotatable bonds is 50. The summed E-state index contributed by atoms with van der Waals surface area (Å²) in [6, 6.07) is 0.